The molecular weight excluding hydrogens is 282 g/mol. The van der Waals surface area contributed by atoms with Crippen molar-refractivity contribution in [1.82, 2.24) is 15.8 Å². The van der Waals surface area contributed by atoms with Crippen molar-refractivity contribution in [1.29, 1.82) is 0 Å². The van der Waals surface area contributed by atoms with Gasteiger partial charge in [-0.1, -0.05) is 12.5 Å². The molecule has 120 valence electrons. The average Bonchev–Trinajstić information content (AvgIpc) is 2.96. The van der Waals surface area contributed by atoms with Crippen molar-refractivity contribution in [2.75, 3.05) is 6.79 Å². The van der Waals surface area contributed by atoms with Crippen LogP contribution in [0.1, 0.15) is 38.7 Å². The number of nitrogens with one attached hydrogen (secondary N) is 2. The van der Waals surface area contributed by atoms with Crippen LogP contribution in [0, 0.1) is 0 Å². The van der Waals surface area contributed by atoms with Gasteiger partial charge in [-0.3, -0.25) is 5.43 Å². The van der Waals surface area contributed by atoms with Crippen molar-refractivity contribution in [3.8, 4) is 11.5 Å². The fraction of sp³-hybridized carbons (Fsp3) is 0.562. The lowest BCUT2D eigenvalue weighted by molar-refractivity contribution is 0.0594. The van der Waals surface area contributed by atoms with Crippen LogP contribution in [-0.4, -0.2) is 29.9 Å². The molecule has 2 aliphatic rings. The molecule has 0 spiro atoms. The maximum absolute atomic E-state index is 12.1. The van der Waals surface area contributed by atoms with Gasteiger partial charge in [0.1, 0.15) is 0 Å². The number of fused-ring (bicyclic) bond motifs is 1. The van der Waals surface area contributed by atoms with Crippen molar-refractivity contribution >= 4 is 6.03 Å². The molecule has 0 saturated carbocycles. The number of hydrogen-bond acceptors (Lipinski definition) is 4. The highest BCUT2D eigenvalue weighted by Crippen LogP contribution is 2.32. The zero-order valence-electron chi connectivity index (χ0n) is 13.1. The van der Waals surface area contributed by atoms with E-state index in [1.807, 2.05) is 18.2 Å². The second-order valence-corrected chi connectivity index (χ2v) is 6.02. The van der Waals surface area contributed by atoms with E-state index in [0.29, 0.717) is 18.6 Å². The number of benzene rings is 1. The van der Waals surface area contributed by atoms with Gasteiger partial charge in [0.15, 0.2) is 11.5 Å². The number of hydrazine groups is 1. The first-order valence-electron chi connectivity index (χ1n) is 7.85. The summed E-state index contributed by atoms with van der Waals surface area (Å²) in [5.41, 5.74) is 3.95. The number of nitrogens with zero attached hydrogens (tertiary/aromatic N) is 1. The molecule has 2 amide bonds. The van der Waals surface area contributed by atoms with Crippen LogP contribution in [0.5, 0.6) is 11.5 Å². The zero-order valence-corrected chi connectivity index (χ0v) is 13.1. The Morgan fingerprint density at radius 2 is 1.95 bits per heavy atom. The van der Waals surface area contributed by atoms with Gasteiger partial charge in [0.05, 0.1) is 0 Å². The van der Waals surface area contributed by atoms with E-state index in [1.54, 1.807) is 0 Å². The number of hydrogen-bond donors (Lipinski definition) is 2. The number of rotatable bonds is 3. The molecule has 1 saturated heterocycles. The highest BCUT2D eigenvalue weighted by Gasteiger charge is 2.26. The summed E-state index contributed by atoms with van der Waals surface area (Å²) >= 11 is 0. The Kier molecular flexibility index (Phi) is 4.38. The van der Waals surface area contributed by atoms with Crippen LogP contribution in [0.15, 0.2) is 18.2 Å². The monoisotopic (exact) mass is 305 g/mol. The summed E-state index contributed by atoms with van der Waals surface area (Å²) in [6, 6.07) is 6.28. The number of amides is 2. The van der Waals surface area contributed by atoms with Crippen molar-refractivity contribution in [3.63, 3.8) is 0 Å². The summed E-state index contributed by atoms with van der Waals surface area (Å²) < 4.78 is 10.6. The molecule has 22 heavy (non-hydrogen) atoms. The van der Waals surface area contributed by atoms with E-state index < -0.39 is 0 Å². The van der Waals surface area contributed by atoms with E-state index >= 15 is 0 Å². The maximum atomic E-state index is 12.1. The fourth-order valence-electron chi connectivity index (χ4n) is 3.03. The number of ether oxygens (including phenoxy) is 2. The predicted octanol–water partition coefficient (Wildman–Crippen LogP) is 2.39. The van der Waals surface area contributed by atoms with E-state index in [-0.39, 0.29) is 12.8 Å². The van der Waals surface area contributed by atoms with Gasteiger partial charge < -0.3 is 14.8 Å². The van der Waals surface area contributed by atoms with E-state index in [1.165, 1.54) is 6.42 Å². The molecule has 1 fully saturated rings. The third kappa shape index (κ3) is 3.27. The summed E-state index contributed by atoms with van der Waals surface area (Å²) in [7, 11) is 0. The minimum Gasteiger partial charge on any atom is -0.454 e. The van der Waals surface area contributed by atoms with E-state index in [4.69, 9.17) is 9.47 Å². The zero-order chi connectivity index (χ0) is 15.5. The van der Waals surface area contributed by atoms with Crippen LogP contribution in [0.25, 0.3) is 0 Å². The third-order valence-electron chi connectivity index (χ3n) is 4.31. The van der Waals surface area contributed by atoms with Gasteiger partial charge in [-0.2, -0.15) is 0 Å². The quantitative estimate of drug-likeness (QED) is 0.900. The van der Waals surface area contributed by atoms with Crippen LogP contribution in [-0.2, 0) is 6.54 Å². The predicted molar refractivity (Wildman–Crippen MR) is 82.6 cm³/mol. The third-order valence-corrected chi connectivity index (χ3v) is 4.31. The first-order valence-corrected chi connectivity index (χ1v) is 7.85. The minimum atomic E-state index is -0.168. The van der Waals surface area contributed by atoms with E-state index in [0.717, 1.165) is 29.9 Å². The molecule has 0 bridgehead atoms. The molecule has 2 heterocycles. The highest BCUT2D eigenvalue weighted by atomic mass is 16.7. The molecule has 6 heteroatoms. The maximum Gasteiger partial charge on any atom is 0.329 e. The Balaban J connectivity index is 1.52. The van der Waals surface area contributed by atoms with Crippen LogP contribution in [0.3, 0.4) is 0 Å². The van der Waals surface area contributed by atoms with Gasteiger partial charge in [0.25, 0.3) is 0 Å². The Hall–Kier alpha value is -1.95. The summed E-state index contributed by atoms with van der Waals surface area (Å²) in [5.74, 6) is 1.49. The Labute approximate surface area is 130 Å². The molecule has 2 atom stereocenters. The Morgan fingerprint density at radius 3 is 2.73 bits per heavy atom. The van der Waals surface area contributed by atoms with Gasteiger partial charge in [0.2, 0.25) is 6.79 Å². The van der Waals surface area contributed by atoms with E-state index in [9.17, 15) is 4.79 Å². The van der Waals surface area contributed by atoms with Crippen LogP contribution >= 0.6 is 0 Å². The first-order chi connectivity index (χ1) is 10.6. The molecule has 1 aromatic rings. The topological polar surface area (TPSA) is 62.8 Å². The molecule has 2 N–H and O–H groups in total. The largest absolute Gasteiger partial charge is 0.454 e. The lowest BCUT2D eigenvalue weighted by Crippen LogP contribution is -2.56. The molecule has 6 nitrogen and oxygen atoms in total. The molecule has 2 unspecified atom stereocenters. The van der Waals surface area contributed by atoms with E-state index in [2.05, 4.69) is 29.6 Å². The number of carbonyl (C=O) groups is 1. The van der Waals surface area contributed by atoms with Gasteiger partial charge >= 0.3 is 6.03 Å². The molecule has 1 aromatic carbocycles. The standard InChI is InChI=1S/C16H23N3O3/c1-11-4-3-5-12(2)19(11)18-16(20)17-9-13-6-7-14-15(8-13)22-10-21-14/h6-8,11-12H,3-5,9-10H2,1-2H3,(H2,17,18,20). The lowest BCUT2D eigenvalue weighted by atomic mass is 10.00. The summed E-state index contributed by atoms with van der Waals surface area (Å²) in [4.78, 5) is 12.1. The summed E-state index contributed by atoms with van der Waals surface area (Å²) in [6.07, 6.45) is 3.46. The molecule has 3 rings (SSSR count). The number of carbonyl (C=O) groups excluding carboxylic acids is 1. The normalized spacial score (nSPS) is 24.1. The molecule has 0 aliphatic carbocycles. The molecule has 2 aliphatic heterocycles. The summed E-state index contributed by atoms with van der Waals surface area (Å²) in [6.45, 7) is 5.01. The molecular formula is C16H23N3O3. The smallest absolute Gasteiger partial charge is 0.329 e. The van der Waals surface area contributed by atoms with Crippen molar-refractivity contribution in [3.05, 3.63) is 23.8 Å². The van der Waals surface area contributed by atoms with Gasteiger partial charge in [0, 0.05) is 18.6 Å². The first kappa shape index (κ1) is 15.0. The average molecular weight is 305 g/mol. The van der Waals surface area contributed by atoms with Crippen molar-refractivity contribution in [2.24, 2.45) is 0 Å². The highest BCUT2D eigenvalue weighted by molar-refractivity contribution is 5.73. The van der Waals surface area contributed by atoms with Crippen molar-refractivity contribution < 1.29 is 14.3 Å². The SMILES string of the molecule is CC1CCCC(C)N1NC(=O)NCc1ccc2c(c1)OCO2. The lowest BCUT2D eigenvalue weighted by Gasteiger charge is -2.38. The second-order valence-electron chi connectivity index (χ2n) is 6.02. The van der Waals surface area contributed by atoms with Gasteiger partial charge in [-0.05, 0) is 44.4 Å². The molecule has 0 radical (unpaired) electrons. The number of piperidine rings is 1. The van der Waals surface area contributed by atoms with Crippen molar-refractivity contribution in [2.45, 2.75) is 51.7 Å². The Bertz CT molecular complexity index is 539. The van der Waals surface area contributed by atoms with Gasteiger partial charge in [-0.15, -0.1) is 0 Å². The van der Waals surface area contributed by atoms with Crippen LogP contribution in [0.2, 0.25) is 0 Å². The van der Waals surface area contributed by atoms with Gasteiger partial charge in [-0.25, -0.2) is 9.80 Å². The molecule has 0 aromatic heterocycles. The summed E-state index contributed by atoms with van der Waals surface area (Å²) in [5, 5.41) is 4.94. The number of urea groups is 1. The van der Waals surface area contributed by atoms with Crippen LogP contribution < -0.4 is 20.2 Å². The van der Waals surface area contributed by atoms with Crippen LogP contribution in [0.4, 0.5) is 4.79 Å². The fourth-order valence-corrected chi connectivity index (χ4v) is 3.03. The second kappa shape index (κ2) is 6.44. The minimum absolute atomic E-state index is 0.168. The Morgan fingerprint density at radius 1 is 1.23 bits per heavy atom.